The Hall–Kier alpha value is -0.240. The maximum Gasteiger partial charge on any atom is 0.417 e. The van der Waals surface area contributed by atoms with Crippen LogP contribution in [0.2, 0.25) is 15.1 Å². The highest BCUT2D eigenvalue weighted by atomic mass is 127. The summed E-state index contributed by atoms with van der Waals surface area (Å²) in [6, 6.07) is 3.69. The first-order valence-corrected chi connectivity index (χ1v) is 7.29. The predicted molar refractivity (Wildman–Crippen MR) is 82.4 cm³/mol. The van der Waals surface area contributed by atoms with Gasteiger partial charge in [0.1, 0.15) is 0 Å². The van der Waals surface area contributed by atoms with Gasteiger partial charge in [-0.3, -0.25) is 4.98 Å². The minimum Gasteiger partial charge on any atom is -0.255 e. The lowest BCUT2D eigenvalue weighted by atomic mass is 10.1. The first kappa shape index (κ1) is 16.1. The minimum atomic E-state index is -4.46. The van der Waals surface area contributed by atoms with Gasteiger partial charge in [-0.05, 0) is 40.8 Å². The minimum absolute atomic E-state index is 0.0436. The summed E-state index contributed by atoms with van der Waals surface area (Å²) in [4.78, 5) is 3.96. The third-order valence-electron chi connectivity index (χ3n) is 2.46. The van der Waals surface area contributed by atoms with Crippen molar-refractivity contribution in [1.82, 2.24) is 4.98 Å². The molecular weight excluding hydrogens is 448 g/mol. The standard InChI is InChI=1S/C12H4Cl3F3IN/c13-7-4-9(15)8(14)3-5(7)11-10(19)6(1-2-20-11)12(16,17)18/h1-4H. The summed E-state index contributed by atoms with van der Waals surface area (Å²) in [7, 11) is 0. The summed E-state index contributed by atoms with van der Waals surface area (Å²) in [6.07, 6.45) is -3.38. The number of hydrogen-bond donors (Lipinski definition) is 0. The highest BCUT2D eigenvalue weighted by molar-refractivity contribution is 14.1. The van der Waals surface area contributed by atoms with Gasteiger partial charge in [-0.1, -0.05) is 34.8 Å². The van der Waals surface area contributed by atoms with Crippen LogP contribution in [0.25, 0.3) is 11.3 Å². The Morgan fingerprint density at radius 3 is 2.20 bits per heavy atom. The van der Waals surface area contributed by atoms with Crippen LogP contribution < -0.4 is 0 Å². The first-order valence-electron chi connectivity index (χ1n) is 5.08. The molecule has 0 atom stereocenters. The Balaban J connectivity index is 2.69. The molecule has 20 heavy (non-hydrogen) atoms. The molecule has 0 aliphatic heterocycles. The molecular formula is C12H4Cl3F3IN. The van der Waals surface area contributed by atoms with Gasteiger partial charge in [-0.25, -0.2) is 0 Å². The van der Waals surface area contributed by atoms with E-state index in [0.717, 1.165) is 12.3 Å². The average molecular weight is 452 g/mol. The molecule has 106 valence electrons. The molecule has 8 heteroatoms. The number of pyridine rings is 1. The van der Waals surface area contributed by atoms with E-state index in [1.165, 1.54) is 12.1 Å². The fourth-order valence-electron chi connectivity index (χ4n) is 1.55. The van der Waals surface area contributed by atoms with Crippen LogP contribution in [0.1, 0.15) is 5.56 Å². The van der Waals surface area contributed by atoms with Gasteiger partial charge in [0, 0.05) is 11.8 Å². The van der Waals surface area contributed by atoms with E-state index in [9.17, 15) is 13.2 Å². The number of nitrogens with zero attached hydrogens (tertiary/aromatic N) is 1. The molecule has 0 saturated carbocycles. The zero-order valence-electron chi connectivity index (χ0n) is 9.40. The van der Waals surface area contributed by atoms with E-state index in [1.54, 1.807) is 22.6 Å². The Bertz CT molecular complexity index is 674. The van der Waals surface area contributed by atoms with Crippen molar-refractivity contribution in [3.8, 4) is 11.3 Å². The molecule has 0 aliphatic carbocycles. The maximum absolute atomic E-state index is 12.9. The van der Waals surface area contributed by atoms with Crippen molar-refractivity contribution in [2.45, 2.75) is 6.18 Å². The molecule has 2 rings (SSSR count). The van der Waals surface area contributed by atoms with Crippen LogP contribution in [0.3, 0.4) is 0 Å². The lowest BCUT2D eigenvalue weighted by Crippen LogP contribution is -2.09. The predicted octanol–water partition coefficient (Wildman–Crippen LogP) is 6.33. The maximum atomic E-state index is 12.9. The molecule has 0 N–H and O–H groups in total. The molecule has 0 aliphatic rings. The Morgan fingerprint density at radius 2 is 1.60 bits per heavy atom. The average Bonchev–Trinajstić information content (AvgIpc) is 2.33. The van der Waals surface area contributed by atoms with E-state index in [0.29, 0.717) is 5.56 Å². The molecule has 0 unspecified atom stereocenters. The van der Waals surface area contributed by atoms with Gasteiger partial charge in [-0.2, -0.15) is 13.2 Å². The van der Waals surface area contributed by atoms with E-state index in [4.69, 9.17) is 34.8 Å². The van der Waals surface area contributed by atoms with Gasteiger partial charge in [0.25, 0.3) is 0 Å². The molecule has 0 fully saturated rings. The van der Waals surface area contributed by atoms with Crippen LogP contribution in [-0.4, -0.2) is 4.98 Å². The largest absolute Gasteiger partial charge is 0.417 e. The number of alkyl halides is 3. The second-order valence-corrected chi connectivity index (χ2v) is 6.07. The first-order chi connectivity index (χ1) is 9.21. The highest BCUT2D eigenvalue weighted by Crippen LogP contribution is 2.40. The van der Waals surface area contributed by atoms with Crippen molar-refractivity contribution in [2.24, 2.45) is 0 Å². The SMILES string of the molecule is FC(F)(F)c1ccnc(-c2cc(Cl)c(Cl)cc2Cl)c1I. The van der Waals surface area contributed by atoms with E-state index in [1.807, 2.05) is 0 Å². The third kappa shape index (κ3) is 3.16. The molecule has 1 heterocycles. The van der Waals surface area contributed by atoms with Gasteiger partial charge in [-0.15, -0.1) is 0 Å². The summed E-state index contributed by atoms with van der Waals surface area (Å²) in [5.74, 6) is 0. The quantitative estimate of drug-likeness (QED) is 0.364. The van der Waals surface area contributed by atoms with Crippen LogP contribution in [0, 0.1) is 3.57 Å². The van der Waals surface area contributed by atoms with Crippen molar-refractivity contribution in [3.63, 3.8) is 0 Å². The number of halogens is 7. The van der Waals surface area contributed by atoms with Crippen molar-refractivity contribution in [3.05, 3.63) is 48.6 Å². The normalized spacial score (nSPS) is 11.8. The number of hydrogen-bond acceptors (Lipinski definition) is 1. The molecule has 0 spiro atoms. The molecule has 2 aromatic rings. The zero-order chi connectivity index (χ0) is 15.1. The molecule has 1 aromatic carbocycles. The van der Waals surface area contributed by atoms with Crippen LogP contribution in [0.15, 0.2) is 24.4 Å². The molecule has 1 nitrogen and oxygen atoms in total. The second-order valence-electron chi connectivity index (χ2n) is 3.77. The third-order valence-corrected chi connectivity index (χ3v) is 4.59. The molecule has 0 saturated heterocycles. The second kappa shape index (κ2) is 5.87. The fourth-order valence-corrected chi connectivity index (χ4v) is 3.11. The van der Waals surface area contributed by atoms with Crippen molar-refractivity contribution >= 4 is 57.4 Å². The Morgan fingerprint density at radius 1 is 1.00 bits per heavy atom. The van der Waals surface area contributed by atoms with Crippen LogP contribution in [0.5, 0.6) is 0 Å². The lowest BCUT2D eigenvalue weighted by Gasteiger charge is -2.13. The summed E-state index contributed by atoms with van der Waals surface area (Å²) in [5.41, 5.74) is -0.356. The summed E-state index contributed by atoms with van der Waals surface area (Å²) in [6.45, 7) is 0. The van der Waals surface area contributed by atoms with Gasteiger partial charge < -0.3 is 0 Å². The fraction of sp³-hybridized carbons (Fsp3) is 0.0833. The molecule has 0 radical (unpaired) electrons. The summed E-state index contributed by atoms with van der Waals surface area (Å²) >= 11 is 19.3. The van der Waals surface area contributed by atoms with Crippen molar-refractivity contribution < 1.29 is 13.2 Å². The van der Waals surface area contributed by atoms with E-state index in [-0.39, 0.29) is 24.3 Å². The van der Waals surface area contributed by atoms with Gasteiger partial charge in [0.2, 0.25) is 0 Å². The van der Waals surface area contributed by atoms with E-state index >= 15 is 0 Å². The molecule has 0 bridgehead atoms. The van der Waals surface area contributed by atoms with Crippen molar-refractivity contribution in [1.29, 1.82) is 0 Å². The van der Waals surface area contributed by atoms with Crippen molar-refractivity contribution in [2.75, 3.05) is 0 Å². The lowest BCUT2D eigenvalue weighted by molar-refractivity contribution is -0.138. The Labute approximate surface area is 141 Å². The Kier molecular flexibility index (Phi) is 4.73. The zero-order valence-corrected chi connectivity index (χ0v) is 13.8. The number of aromatic nitrogens is 1. The van der Waals surface area contributed by atoms with Crippen LogP contribution >= 0.6 is 57.4 Å². The highest BCUT2D eigenvalue weighted by Gasteiger charge is 2.34. The van der Waals surface area contributed by atoms with Gasteiger partial charge in [0.05, 0.1) is 29.9 Å². The molecule has 0 amide bonds. The summed E-state index contributed by atoms with van der Waals surface area (Å²) in [5, 5.41) is 0.604. The van der Waals surface area contributed by atoms with Gasteiger partial charge in [0.15, 0.2) is 0 Å². The molecule has 1 aromatic heterocycles. The topological polar surface area (TPSA) is 12.9 Å². The van der Waals surface area contributed by atoms with Crippen LogP contribution in [0.4, 0.5) is 13.2 Å². The monoisotopic (exact) mass is 451 g/mol. The summed E-state index contributed by atoms with van der Waals surface area (Å²) < 4.78 is 38.6. The number of rotatable bonds is 1. The smallest absolute Gasteiger partial charge is 0.255 e. The van der Waals surface area contributed by atoms with E-state index < -0.39 is 11.7 Å². The van der Waals surface area contributed by atoms with E-state index in [2.05, 4.69) is 4.98 Å². The van der Waals surface area contributed by atoms with Gasteiger partial charge >= 0.3 is 6.18 Å². The van der Waals surface area contributed by atoms with Crippen LogP contribution in [-0.2, 0) is 6.18 Å². The number of benzene rings is 1.